The van der Waals surface area contributed by atoms with Crippen molar-refractivity contribution in [1.82, 2.24) is 0 Å². The van der Waals surface area contributed by atoms with E-state index in [9.17, 15) is 20.2 Å². The summed E-state index contributed by atoms with van der Waals surface area (Å²) >= 11 is 0. The SMILES string of the molecule is CCN1C=CC(=Cc2ccc([N+](=O)[O-])cc2[N+](=O)[O-])c2cc(OC)ccc21. The molecule has 0 aromatic heterocycles. The molecule has 0 spiro atoms. The molecule has 0 fully saturated rings. The molecule has 2 aromatic carbocycles. The quantitative estimate of drug-likeness (QED) is 0.573. The van der Waals surface area contributed by atoms with Gasteiger partial charge >= 0.3 is 0 Å². The molecule has 27 heavy (non-hydrogen) atoms. The zero-order valence-electron chi connectivity index (χ0n) is 14.8. The molecular formula is C19H17N3O5. The maximum absolute atomic E-state index is 11.4. The number of nitrogens with zero attached hydrogens (tertiary/aromatic N) is 3. The van der Waals surface area contributed by atoms with Crippen molar-refractivity contribution in [3.8, 4) is 5.75 Å². The van der Waals surface area contributed by atoms with E-state index >= 15 is 0 Å². The Morgan fingerprint density at radius 1 is 1.11 bits per heavy atom. The van der Waals surface area contributed by atoms with E-state index in [0.717, 1.165) is 29.4 Å². The summed E-state index contributed by atoms with van der Waals surface area (Å²) in [5, 5.41) is 22.3. The summed E-state index contributed by atoms with van der Waals surface area (Å²) in [4.78, 5) is 23.1. The number of nitro groups is 2. The predicted octanol–water partition coefficient (Wildman–Crippen LogP) is 4.41. The summed E-state index contributed by atoms with van der Waals surface area (Å²) < 4.78 is 5.30. The van der Waals surface area contributed by atoms with E-state index in [4.69, 9.17) is 4.74 Å². The van der Waals surface area contributed by atoms with Crippen molar-refractivity contribution in [2.24, 2.45) is 0 Å². The summed E-state index contributed by atoms with van der Waals surface area (Å²) in [5.41, 5.74) is 2.24. The number of fused-ring (bicyclic) bond motifs is 1. The second-order valence-corrected chi connectivity index (χ2v) is 5.84. The summed E-state index contributed by atoms with van der Waals surface area (Å²) in [6.07, 6.45) is 5.41. The number of allylic oxidation sites excluding steroid dienone is 2. The second-order valence-electron chi connectivity index (χ2n) is 5.84. The molecule has 138 valence electrons. The van der Waals surface area contributed by atoms with E-state index in [1.54, 1.807) is 13.2 Å². The van der Waals surface area contributed by atoms with Gasteiger partial charge in [0, 0.05) is 30.1 Å². The van der Waals surface area contributed by atoms with Crippen molar-refractivity contribution >= 4 is 28.7 Å². The van der Waals surface area contributed by atoms with Gasteiger partial charge in [0.1, 0.15) is 5.75 Å². The molecule has 1 aliphatic rings. The number of methoxy groups -OCH3 is 1. The Bertz CT molecular complexity index is 981. The molecule has 8 nitrogen and oxygen atoms in total. The third-order valence-corrected chi connectivity index (χ3v) is 4.33. The van der Waals surface area contributed by atoms with Crippen LogP contribution in [0.15, 0.2) is 48.7 Å². The van der Waals surface area contributed by atoms with Gasteiger partial charge in [0.2, 0.25) is 0 Å². The van der Waals surface area contributed by atoms with Crippen molar-refractivity contribution < 1.29 is 14.6 Å². The number of hydrogen-bond acceptors (Lipinski definition) is 6. The van der Waals surface area contributed by atoms with Crippen LogP contribution >= 0.6 is 0 Å². The summed E-state index contributed by atoms with van der Waals surface area (Å²) in [5.74, 6) is 0.671. The van der Waals surface area contributed by atoms with E-state index in [0.29, 0.717) is 11.3 Å². The molecule has 0 radical (unpaired) electrons. The van der Waals surface area contributed by atoms with Crippen molar-refractivity contribution in [3.63, 3.8) is 0 Å². The van der Waals surface area contributed by atoms with E-state index in [1.165, 1.54) is 12.1 Å². The maximum Gasteiger partial charge on any atom is 0.283 e. The molecule has 0 aliphatic carbocycles. The van der Waals surface area contributed by atoms with Gasteiger partial charge in [-0.05, 0) is 48.9 Å². The molecule has 0 N–H and O–H groups in total. The molecular weight excluding hydrogens is 350 g/mol. The molecule has 1 heterocycles. The van der Waals surface area contributed by atoms with Crippen LogP contribution in [-0.2, 0) is 0 Å². The molecule has 0 saturated carbocycles. The second kappa shape index (κ2) is 7.28. The lowest BCUT2D eigenvalue weighted by Crippen LogP contribution is -2.19. The topological polar surface area (TPSA) is 98.8 Å². The van der Waals surface area contributed by atoms with Crippen LogP contribution in [0.4, 0.5) is 17.1 Å². The van der Waals surface area contributed by atoms with E-state index in [2.05, 4.69) is 4.90 Å². The van der Waals surface area contributed by atoms with Gasteiger partial charge in [-0.3, -0.25) is 20.2 Å². The Hall–Kier alpha value is -3.68. The lowest BCUT2D eigenvalue weighted by atomic mass is 9.96. The van der Waals surface area contributed by atoms with Crippen LogP contribution in [0.25, 0.3) is 11.6 Å². The third kappa shape index (κ3) is 3.50. The molecule has 8 heteroatoms. The number of nitro benzene ring substituents is 2. The fraction of sp³-hybridized carbons (Fsp3) is 0.158. The Morgan fingerprint density at radius 2 is 1.89 bits per heavy atom. The number of benzene rings is 2. The van der Waals surface area contributed by atoms with Crippen LogP contribution in [0, 0.1) is 20.2 Å². The molecule has 0 bridgehead atoms. The highest BCUT2D eigenvalue weighted by atomic mass is 16.6. The number of anilines is 1. The highest BCUT2D eigenvalue weighted by Crippen LogP contribution is 2.37. The minimum Gasteiger partial charge on any atom is -0.497 e. The minimum atomic E-state index is -0.649. The Kier molecular flexibility index (Phi) is 4.89. The zero-order chi connectivity index (χ0) is 19.6. The van der Waals surface area contributed by atoms with Gasteiger partial charge in [-0.25, -0.2) is 0 Å². The first kappa shape index (κ1) is 18.1. The summed E-state index contributed by atoms with van der Waals surface area (Å²) in [7, 11) is 1.57. The molecule has 0 amide bonds. The Labute approximate surface area is 155 Å². The van der Waals surface area contributed by atoms with Gasteiger partial charge in [0.25, 0.3) is 11.4 Å². The van der Waals surface area contributed by atoms with Crippen LogP contribution in [0.3, 0.4) is 0 Å². The van der Waals surface area contributed by atoms with Gasteiger partial charge in [-0.1, -0.05) is 0 Å². The van der Waals surface area contributed by atoms with Crippen LogP contribution < -0.4 is 9.64 Å². The molecule has 3 rings (SSSR count). The highest BCUT2D eigenvalue weighted by molar-refractivity contribution is 5.96. The highest BCUT2D eigenvalue weighted by Gasteiger charge is 2.21. The lowest BCUT2D eigenvalue weighted by molar-refractivity contribution is -0.394. The van der Waals surface area contributed by atoms with Gasteiger partial charge in [0.05, 0.1) is 28.6 Å². The predicted molar refractivity (Wildman–Crippen MR) is 103 cm³/mol. The van der Waals surface area contributed by atoms with Crippen LogP contribution in [0.2, 0.25) is 0 Å². The third-order valence-electron chi connectivity index (χ3n) is 4.33. The average Bonchev–Trinajstić information content (AvgIpc) is 2.67. The van der Waals surface area contributed by atoms with Crippen molar-refractivity contribution in [1.29, 1.82) is 0 Å². The smallest absolute Gasteiger partial charge is 0.283 e. The van der Waals surface area contributed by atoms with E-state index < -0.39 is 9.85 Å². The maximum atomic E-state index is 11.4. The minimum absolute atomic E-state index is 0.295. The van der Waals surface area contributed by atoms with Crippen LogP contribution in [0.1, 0.15) is 18.1 Å². The molecule has 1 aliphatic heterocycles. The monoisotopic (exact) mass is 367 g/mol. The summed E-state index contributed by atoms with van der Waals surface area (Å²) in [6.45, 7) is 2.79. The zero-order valence-corrected chi connectivity index (χ0v) is 14.8. The number of non-ortho nitro benzene ring substituents is 1. The molecule has 0 unspecified atom stereocenters. The first-order valence-electron chi connectivity index (χ1n) is 8.22. The molecule has 0 atom stereocenters. The van der Waals surface area contributed by atoms with E-state index in [1.807, 2.05) is 37.4 Å². The molecule has 0 saturated heterocycles. The van der Waals surface area contributed by atoms with Gasteiger partial charge in [0.15, 0.2) is 0 Å². The van der Waals surface area contributed by atoms with Gasteiger partial charge < -0.3 is 9.64 Å². The largest absolute Gasteiger partial charge is 0.497 e. The number of ether oxygens (including phenoxy) is 1. The normalized spacial score (nSPS) is 14.1. The fourth-order valence-electron chi connectivity index (χ4n) is 2.96. The standard InChI is InChI=1S/C19H17N3O5/c1-3-20-9-8-13(17-12-16(27-2)6-7-18(17)20)10-14-4-5-15(21(23)24)11-19(14)22(25)26/h4-12H,3H2,1-2H3. The first-order valence-corrected chi connectivity index (χ1v) is 8.22. The summed E-state index contributed by atoms with van der Waals surface area (Å²) in [6, 6.07) is 9.28. The Morgan fingerprint density at radius 3 is 2.52 bits per heavy atom. The lowest BCUT2D eigenvalue weighted by Gasteiger charge is -2.27. The van der Waals surface area contributed by atoms with Gasteiger partial charge in [-0.15, -0.1) is 0 Å². The molecule has 2 aromatic rings. The number of hydrogen-bond donors (Lipinski definition) is 0. The van der Waals surface area contributed by atoms with E-state index in [-0.39, 0.29) is 11.4 Å². The first-order chi connectivity index (χ1) is 12.9. The van der Waals surface area contributed by atoms with Gasteiger partial charge in [-0.2, -0.15) is 0 Å². The number of rotatable bonds is 5. The van der Waals surface area contributed by atoms with Crippen LogP contribution in [-0.4, -0.2) is 23.5 Å². The average molecular weight is 367 g/mol. The van der Waals surface area contributed by atoms with Crippen molar-refractivity contribution in [3.05, 3.63) is 80.0 Å². The van der Waals surface area contributed by atoms with Crippen molar-refractivity contribution in [2.45, 2.75) is 6.92 Å². The Balaban J connectivity index is 2.16. The van der Waals surface area contributed by atoms with Crippen molar-refractivity contribution in [2.75, 3.05) is 18.6 Å². The fourth-order valence-corrected chi connectivity index (χ4v) is 2.96. The van der Waals surface area contributed by atoms with Crippen LogP contribution in [0.5, 0.6) is 5.75 Å².